The van der Waals surface area contributed by atoms with Crippen LogP contribution < -0.4 is 10.5 Å². The SMILES string of the molecule is CN1CCC(O)(C#Cc2cc3c(c(-c4cccc(C(N)=O)n4)c2)OCC3)C1=O. The van der Waals surface area contributed by atoms with Crippen LogP contribution in [0.25, 0.3) is 11.3 Å². The number of likely N-dealkylation sites (N-methyl/N-ethyl adjacent to an activating group) is 1. The zero-order valence-electron chi connectivity index (χ0n) is 15.4. The van der Waals surface area contributed by atoms with Crippen molar-refractivity contribution in [1.29, 1.82) is 0 Å². The van der Waals surface area contributed by atoms with Crippen LogP contribution in [0.15, 0.2) is 30.3 Å². The van der Waals surface area contributed by atoms with Gasteiger partial charge in [-0.05, 0) is 29.8 Å². The highest BCUT2D eigenvalue weighted by Crippen LogP contribution is 2.37. The smallest absolute Gasteiger partial charge is 0.267 e. The van der Waals surface area contributed by atoms with Crippen LogP contribution in [-0.4, -0.2) is 52.6 Å². The number of aliphatic hydroxyl groups is 1. The number of pyridine rings is 1. The van der Waals surface area contributed by atoms with Crippen molar-refractivity contribution in [2.45, 2.75) is 18.4 Å². The Morgan fingerprint density at radius 1 is 1.39 bits per heavy atom. The number of ether oxygens (including phenoxy) is 1. The number of benzene rings is 1. The number of hydrogen-bond acceptors (Lipinski definition) is 5. The van der Waals surface area contributed by atoms with Crippen LogP contribution in [0.1, 0.15) is 28.0 Å². The first-order valence-corrected chi connectivity index (χ1v) is 8.95. The molecule has 1 saturated heterocycles. The molecular weight excluding hydrogens is 358 g/mol. The van der Waals surface area contributed by atoms with Crippen molar-refractivity contribution in [2.75, 3.05) is 20.2 Å². The summed E-state index contributed by atoms with van der Waals surface area (Å²) in [6.07, 6.45) is 0.998. The monoisotopic (exact) mass is 377 g/mol. The minimum atomic E-state index is -1.66. The summed E-state index contributed by atoms with van der Waals surface area (Å²) in [7, 11) is 1.64. The molecule has 1 aromatic carbocycles. The quantitative estimate of drug-likeness (QED) is 0.751. The summed E-state index contributed by atoms with van der Waals surface area (Å²) in [6, 6.07) is 8.70. The Morgan fingerprint density at radius 3 is 2.93 bits per heavy atom. The van der Waals surface area contributed by atoms with E-state index in [4.69, 9.17) is 10.5 Å². The normalized spacial score (nSPS) is 20.4. The van der Waals surface area contributed by atoms with Gasteiger partial charge in [0.25, 0.3) is 11.8 Å². The molecule has 3 N–H and O–H groups in total. The number of hydrogen-bond donors (Lipinski definition) is 2. The number of amides is 2. The van der Waals surface area contributed by atoms with Crippen molar-refractivity contribution in [3.63, 3.8) is 0 Å². The second-order valence-corrected chi connectivity index (χ2v) is 6.97. The lowest BCUT2D eigenvalue weighted by Crippen LogP contribution is -2.37. The first kappa shape index (κ1) is 18.0. The van der Waals surface area contributed by atoms with Crippen molar-refractivity contribution < 1.29 is 19.4 Å². The Kier molecular flexibility index (Phi) is 4.28. The third-order valence-corrected chi connectivity index (χ3v) is 4.98. The summed E-state index contributed by atoms with van der Waals surface area (Å²) >= 11 is 0. The fourth-order valence-electron chi connectivity index (χ4n) is 3.44. The van der Waals surface area contributed by atoms with Crippen molar-refractivity contribution in [3.8, 4) is 28.8 Å². The summed E-state index contributed by atoms with van der Waals surface area (Å²) in [5, 5.41) is 10.5. The minimum absolute atomic E-state index is 0.162. The Hall–Kier alpha value is -3.37. The average Bonchev–Trinajstić information content (AvgIpc) is 3.26. The molecule has 1 atom stereocenters. The predicted octanol–water partition coefficient (Wildman–Crippen LogP) is 0.727. The van der Waals surface area contributed by atoms with E-state index in [0.717, 1.165) is 12.0 Å². The number of nitrogens with zero attached hydrogens (tertiary/aromatic N) is 2. The van der Waals surface area contributed by atoms with Crippen molar-refractivity contribution >= 4 is 11.8 Å². The molecule has 2 aromatic rings. The lowest BCUT2D eigenvalue weighted by Gasteiger charge is -2.13. The molecule has 28 heavy (non-hydrogen) atoms. The van der Waals surface area contributed by atoms with E-state index in [2.05, 4.69) is 16.8 Å². The van der Waals surface area contributed by atoms with E-state index < -0.39 is 11.5 Å². The zero-order chi connectivity index (χ0) is 19.9. The molecule has 1 unspecified atom stereocenters. The molecule has 3 heterocycles. The van der Waals surface area contributed by atoms with Crippen molar-refractivity contribution in [1.82, 2.24) is 9.88 Å². The Labute approximate surface area is 162 Å². The topological polar surface area (TPSA) is 106 Å². The first-order valence-electron chi connectivity index (χ1n) is 8.95. The van der Waals surface area contributed by atoms with Gasteiger partial charge in [0.1, 0.15) is 11.4 Å². The van der Waals surface area contributed by atoms with Gasteiger partial charge in [0.15, 0.2) is 0 Å². The van der Waals surface area contributed by atoms with Gasteiger partial charge in [-0.15, -0.1) is 0 Å². The number of nitrogens with two attached hydrogens (primary N) is 1. The molecule has 2 amide bonds. The molecule has 2 aliphatic rings. The number of fused-ring (bicyclic) bond motifs is 1. The third-order valence-electron chi connectivity index (χ3n) is 4.98. The Bertz CT molecular complexity index is 1050. The molecule has 0 radical (unpaired) electrons. The predicted molar refractivity (Wildman–Crippen MR) is 101 cm³/mol. The summed E-state index contributed by atoms with van der Waals surface area (Å²) in [5.74, 6) is 5.37. The molecule has 4 rings (SSSR count). The minimum Gasteiger partial charge on any atom is -0.492 e. The van der Waals surface area contributed by atoms with E-state index in [1.54, 1.807) is 31.3 Å². The van der Waals surface area contributed by atoms with Gasteiger partial charge in [0.2, 0.25) is 5.60 Å². The second kappa shape index (κ2) is 6.66. The van der Waals surface area contributed by atoms with E-state index in [0.29, 0.717) is 35.7 Å². The third kappa shape index (κ3) is 3.08. The van der Waals surface area contributed by atoms with Gasteiger partial charge >= 0.3 is 0 Å². The van der Waals surface area contributed by atoms with Gasteiger partial charge in [0.05, 0.1) is 12.3 Å². The molecule has 2 aliphatic heterocycles. The van der Waals surface area contributed by atoms with E-state index in [9.17, 15) is 14.7 Å². The molecule has 1 aromatic heterocycles. The van der Waals surface area contributed by atoms with E-state index >= 15 is 0 Å². The number of carbonyl (C=O) groups is 2. The molecule has 142 valence electrons. The number of aromatic nitrogens is 1. The zero-order valence-corrected chi connectivity index (χ0v) is 15.4. The lowest BCUT2D eigenvalue weighted by atomic mass is 9.99. The van der Waals surface area contributed by atoms with Crippen molar-refractivity contribution in [3.05, 3.63) is 47.2 Å². The second-order valence-electron chi connectivity index (χ2n) is 6.97. The van der Waals surface area contributed by atoms with Crippen LogP contribution in [-0.2, 0) is 11.2 Å². The summed E-state index contributed by atoms with van der Waals surface area (Å²) in [5.41, 5.74) is 6.70. The highest BCUT2D eigenvalue weighted by molar-refractivity contribution is 5.92. The van der Waals surface area contributed by atoms with Crippen LogP contribution in [0.4, 0.5) is 0 Å². The lowest BCUT2D eigenvalue weighted by molar-refractivity contribution is -0.137. The summed E-state index contributed by atoms with van der Waals surface area (Å²) < 4.78 is 5.75. The number of primary amides is 1. The molecule has 0 bridgehead atoms. The van der Waals surface area contributed by atoms with Crippen LogP contribution in [0.5, 0.6) is 5.75 Å². The van der Waals surface area contributed by atoms with Gasteiger partial charge in [0, 0.05) is 37.6 Å². The highest BCUT2D eigenvalue weighted by Gasteiger charge is 2.42. The maximum absolute atomic E-state index is 12.1. The summed E-state index contributed by atoms with van der Waals surface area (Å²) in [4.78, 5) is 29.4. The van der Waals surface area contributed by atoms with Crippen molar-refractivity contribution in [2.24, 2.45) is 5.73 Å². The molecule has 0 aliphatic carbocycles. The standard InChI is InChI=1S/C21H19N3O4/c1-24-9-8-21(27,20(24)26)7-5-13-11-14-6-10-28-18(14)15(12-13)16-3-2-4-17(23-16)19(22)25/h2-4,11-12,27H,6,8-10H2,1H3,(H2,22,25). The van der Waals surface area contributed by atoms with E-state index in [1.165, 1.54) is 4.90 Å². The van der Waals surface area contributed by atoms with Gasteiger partial charge < -0.3 is 20.5 Å². The summed E-state index contributed by atoms with van der Waals surface area (Å²) in [6.45, 7) is 1.01. The first-order chi connectivity index (χ1) is 13.4. The van der Waals surface area contributed by atoms with Gasteiger partial charge in [-0.25, -0.2) is 4.98 Å². The maximum atomic E-state index is 12.1. The molecule has 7 nitrogen and oxygen atoms in total. The molecule has 7 heteroatoms. The molecular formula is C21H19N3O4. The van der Waals surface area contributed by atoms with Crippen LogP contribution in [0, 0.1) is 11.8 Å². The van der Waals surface area contributed by atoms with E-state index in [1.807, 2.05) is 6.07 Å². The van der Waals surface area contributed by atoms with Crippen LogP contribution in [0.3, 0.4) is 0 Å². The van der Waals surface area contributed by atoms with Gasteiger partial charge in [-0.1, -0.05) is 17.9 Å². The maximum Gasteiger partial charge on any atom is 0.267 e. The molecule has 0 saturated carbocycles. The highest BCUT2D eigenvalue weighted by atomic mass is 16.5. The van der Waals surface area contributed by atoms with Crippen LogP contribution in [0.2, 0.25) is 0 Å². The molecule has 1 fully saturated rings. The fraction of sp³-hybridized carbons (Fsp3) is 0.286. The Morgan fingerprint density at radius 2 is 2.21 bits per heavy atom. The fourth-order valence-corrected chi connectivity index (χ4v) is 3.44. The number of carbonyl (C=O) groups excluding carboxylic acids is 2. The number of rotatable bonds is 2. The van der Waals surface area contributed by atoms with Crippen LogP contribution >= 0.6 is 0 Å². The average molecular weight is 377 g/mol. The van der Waals surface area contributed by atoms with Gasteiger partial charge in [-0.2, -0.15) is 0 Å². The number of likely N-dealkylation sites (tertiary alicyclic amines) is 1. The molecule has 0 spiro atoms. The van der Waals surface area contributed by atoms with E-state index in [-0.39, 0.29) is 18.0 Å². The largest absolute Gasteiger partial charge is 0.492 e. The van der Waals surface area contributed by atoms with Gasteiger partial charge in [-0.3, -0.25) is 9.59 Å². The Balaban J connectivity index is 1.77.